The van der Waals surface area contributed by atoms with Crippen molar-refractivity contribution >= 4 is 11.8 Å². The summed E-state index contributed by atoms with van der Waals surface area (Å²) in [6.45, 7) is 2.51. The molecule has 2 amide bonds. The Kier molecular flexibility index (Phi) is 7.95. The molecule has 0 unspecified atom stereocenters. The molecule has 162 valence electrons. The summed E-state index contributed by atoms with van der Waals surface area (Å²) in [6, 6.07) is 19.0. The second-order valence-electron chi connectivity index (χ2n) is 7.05. The van der Waals surface area contributed by atoms with Crippen LogP contribution in [0.15, 0.2) is 77.4 Å². The molecule has 0 fully saturated rings. The summed E-state index contributed by atoms with van der Waals surface area (Å²) in [6.07, 6.45) is 1.60. The van der Waals surface area contributed by atoms with Gasteiger partial charge in [0.05, 0.1) is 25.4 Å². The van der Waals surface area contributed by atoms with E-state index >= 15 is 0 Å². The Hall–Kier alpha value is -3.45. The summed E-state index contributed by atoms with van der Waals surface area (Å²) in [7, 11) is 0. The van der Waals surface area contributed by atoms with Crippen molar-refractivity contribution < 1.29 is 18.4 Å². The molecule has 2 N–H and O–H groups in total. The predicted octanol–water partition coefficient (Wildman–Crippen LogP) is 3.26. The lowest BCUT2D eigenvalue weighted by atomic mass is 10.0. The van der Waals surface area contributed by atoms with Crippen molar-refractivity contribution in [3.8, 4) is 0 Å². The molecule has 6 nitrogen and oxygen atoms in total. The van der Waals surface area contributed by atoms with Crippen LogP contribution in [0.5, 0.6) is 0 Å². The van der Waals surface area contributed by atoms with E-state index in [-0.39, 0.29) is 43.3 Å². The molecule has 0 saturated heterocycles. The number of nitrogens with one attached hydrogen (secondary N) is 2. The molecule has 1 atom stereocenters. The molecular formula is C24H26FN3O3. The van der Waals surface area contributed by atoms with Gasteiger partial charge in [0, 0.05) is 13.1 Å². The SMILES string of the molecule is CCN(CC(=O)NCc1ccc(F)cc1)C(=O)CN[C@H](c1ccccc1)c1ccco1. The molecule has 0 aliphatic carbocycles. The minimum absolute atomic E-state index is 0.0467. The summed E-state index contributed by atoms with van der Waals surface area (Å²) >= 11 is 0. The monoisotopic (exact) mass is 423 g/mol. The molecule has 2 aromatic carbocycles. The van der Waals surface area contributed by atoms with Crippen LogP contribution in [-0.2, 0) is 16.1 Å². The molecule has 7 heteroatoms. The third-order valence-corrected chi connectivity index (χ3v) is 4.89. The van der Waals surface area contributed by atoms with E-state index < -0.39 is 0 Å². The van der Waals surface area contributed by atoms with Crippen molar-refractivity contribution in [1.82, 2.24) is 15.5 Å². The zero-order chi connectivity index (χ0) is 22.1. The molecule has 0 radical (unpaired) electrons. The lowest BCUT2D eigenvalue weighted by Crippen LogP contribution is -2.44. The standard InChI is InChI=1S/C24H26FN3O3/c1-2-28(17-22(29)26-15-18-10-12-20(25)13-11-18)23(30)16-27-24(21-9-6-14-31-21)19-7-4-3-5-8-19/h3-14,24,27H,2,15-17H2,1H3,(H,26,29)/t24-/m1/s1. The zero-order valence-electron chi connectivity index (χ0n) is 17.4. The quantitative estimate of drug-likeness (QED) is 0.525. The van der Waals surface area contributed by atoms with Crippen molar-refractivity contribution in [3.63, 3.8) is 0 Å². The van der Waals surface area contributed by atoms with Crippen LogP contribution in [0.3, 0.4) is 0 Å². The Labute approximate surface area is 181 Å². The molecule has 0 aliphatic rings. The number of amides is 2. The number of hydrogen-bond donors (Lipinski definition) is 2. The van der Waals surface area contributed by atoms with Gasteiger partial charge in [-0.1, -0.05) is 42.5 Å². The van der Waals surface area contributed by atoms with E-state index in [1.54, 1.807) is 24.5 Å². The summed E-state index contributed by atoms with van der Waals surface area (Å²) < 4.78 is 18.5. The van der Waals surface area contributed by atoms with Gasteiger partial charge in [-0.05, 0) is 42.3 Å². The average Bonchev–Trinajstić information content (AvgIpc) is 3.32. The Morgan fingerprint density at radius 1 is 1.03 bits per heavy atom. The molecule has 0 bridgehead atoms. The van der Waals surface area contributed by atoms with E-state index in [9.17, 15) is 14.0 Å². The molecule has 0 spiro atoms. The van der Waals surface area contributed by atoms with Crippen LogP contribution in [0, 0.1) is 5.82 Å². The first-order valence-corrected chi connectivity index (χ1v) is 10.2. The number of rotatable bonds is 10. The number of furan rings is 1. The number of hydrogen-bond acceptors (Lipinski definition) is 4. The van der Waals surface area contributed by atoms with Gasteiger partial charge in [-0.15, -0.1) is 0 Å². The van der Waals surface area contributed by atoms with Crippen LogP contribution in [0.2, 0.25) is 0 Å². The molecule has 3 aromatic rings. The van der Waals surface area contributed by atoms with Crippen molar-refractivity contribution in [2.24, 2.45) is 0 Å². The molecule has 1 aromatic heterocycles. The molecule has 0 saturated carbocycles. The van der Waals surface area contributed by atoms with Crippen LogP contribution < -0.4 is 10.6 Å². The van der Waals surface area contributed by atoms with Crippen LogP contribution in [0.25, 0.3) is 0 Å². The van der Waals surface area contributed by atoms with E-state index in [0.717, 1.165) is 11.1 Å². The highest BCUT2D eigenvalue weighted by atomic mass is 19.1. The van der Waals surface area contributed by atoms with Crippen molar-refractivity contribution in [1.29, 1.82) is 0 Å². The van der Waals surface area contributed by atoms with Crippen molar-refractivity contribution in [2.45, 2.75) is 19.5 Å². The first-order chi connectivity index (χ1) is 15.1. The maximum atomic E-state index is 13.0. The number of nitrogens with zero attached hydrogens (tertiary/aromatic N) is 1. The lowest BCUT2D eigenvalue weighted by molar-refractivity contribution is -0.135. The fourth-order valence-electron chi connectivity index (χ4n) is 3.19. The Bertz CT molecular complexity index is 960. The Balaban J connectivity index is 1.54. The predicted molar refractivity (Wildman–Crippen MR) is 115 cm³/mol. The van der Waals surface area contributed by atoms with Crippen LogP contribution in [-0.4, -0.2) is 36.3 Å². The van der Waals surface area contributed by atoms with Gasteiger partial charge >= 0.3 is 0 Å². The highest BCUT2D eigenvalue weighted by molar-refractivity contribution is 5.85. The minimum atomic E-state index is -0.325. The van der Waals surface area contributed by atoms with E-state index in [0.29, 0.717) is 12.3 Å². The summed E-state index contributed by atoms with van der Waals surface area (Å²) in [4.78, 5) is 26.5. The maximum Gasteiger partial charge on any atom is 0.239 e. The van der Waals surface area contributed by atoms with E-state index in [1.807, 2.05) is 43.3 Å². The molecule has 31 heavy (non-hydrogen) atoms. The molecule has 0 aliphatic heterocycles. The first-order valence-electron chi connectivity index (χ1n) is 10.2. The topological polar surface area (TPSA) is 74.6 Å². The minimum Gasteiger partial charge on any atom is -0.467 e. The lowest BCUT2D eigenvalue weighted by Gasteiger charge is -2.23. The second-order valence-corrected chi connectivity index (χ2v) is 7.05. The largest absolute Gasteiger partial charge is 0.467 e. The molecular weight excluding hydrogens is 397 g/mol. The Morgan fingerprint density at radius 2 is 1.77 bits per heavy atom. The normalized spacial score (nSPS) is 11.7. The van der Waals surface area contributed by atoms with E-state index in [4.69, 9.17) is 4.42 Å². The molecule has 3 rings (SSSR count). The molecule has 1 heterocycles. The Morgan fingerprint density at radius 3 is 2.42 bits per heavy atom. The number of halogens is 1. The average molecular weight is 423 g/mol. The highest BCUT2D eigenvalue weighted by Crippen LogP contribution is 2.22. The maximum absolute atomic E-state index is 13.0. The van der Waals surface area contributed by atoms with Gasteiger partial charge < -0.3 is 14.6 Å². The van der Waals surface area contributed by atoms with Gasteiger partial charge in [0.25, 0.3) is 0 Å². The van der Waals surface area contributed by atoms with Gasteiger partial charge in [0.2, 0.25) is 11.8 Å². The van der Waals surface area contributed by atoms with Crippen molar-refractivity contribution in [3.05, 3.63) is 95.7 Å². The van der Waals surface area contributed by atoms with Gasteiger partial charge in [-0.25, -0.2) is 4.39 Å². The third-order valence-electron chi connectivity index (χ3n) is 4.89. The summed E-state index contributed by atoms with van der Waals surface area (Å²) in [5.74, 6) is -0.0788. The number of likely N-dealkylation sites (N-methyl/N-ethyl adjacent to an activating group) is 1. The fraction of sp³-hybridized carbons (Fsp3) is 0.250. The zero-order valence-corrected chi connectivity index (χ0v) is 17.4. The second kappa shape index (κ2) is 11.1. The van der Waals surface area contributed by atoms with Gasteiger partial charge in [0.1, 0.15) is 11.6 Å². The van der Waals surface area contributed by atoms with E-state index in [2.05, 4.69) is 10.6 Å². The smallest absolute Gasteiger partial charge is 0.239 e. The number of carbonyl (C=O) groups is 2. The van der Waals surface area contributed by atoms with E-state index in [1.165, 1.54) is 17.0 Å². The summed E-state index contributed by atoms with van der Waals surface area (Å²) in [5.41, 5.74) is 1.76. The van der Waals surface area contributed by atoms with Gasteiger partial charge in [0.15, 0.2) is 0 Å². The van der Waals surface area contributed by atoms with Gasteiger partial charge in [-0.2, -0.15) is 0 Å². The highest BCUT2D eigenvalue weighted by Gasteiger charge is 2.20. The van der Waals surface area contributed by atoms with Crippen LogP contribution >= 0.6 is 0 Å². The number of benzene rings is 2. The van der Waals surface area contributed by atoms with Crippen LogP contribution in [0.1, 0.15) is 29.9 Å². The third kappa shape index (κ3) is 6.52. The van der Waals surface area contributed by atoms with Crippen molar-refractivity contribution in [2.75, 3.05) is 19.6 Å². The number of carbonyl (C=O) groups excluding carboxylic acids is 2. The van der Waals surface area contributed by atoms with Gasteiger partial charge in [-0.3, -0.25) is 14.9 Å². The summed E-state index contributed by atoms with van der Waals surface area (Å²) in [5, 5.41) is 6.00. The fourth-order valence-corrected chi connectivity index (χ4v) is 3.19. The van der Waals surface area contributed by atoms with Crippen LogP contribution in [0.4, 0.5) is 4.39 Å². The first kappa shape index (κ1) is 22.2.